The van der Waals surface area contributed by atoms with Crippen LogP contribution in [0.1, 0.15) is 23.7 Å². The van der Waals surface area contributed by atoms with E-state index < -0.39 is 0 Å². The first-order valence-corrected chi connectivity index (χ1v) is 6.83. The van der Waals surface area contributed by atoms with Crippen molar-refractivity contribution in [3.8, 4) is 0 Å². The van der Waals surface area contributed by atoms with Gasteiger partial charge in [-0.05, 0) is 32.6 Å². The van der Waals surface area contributed by atoms with E-state index in [1.165, 1.54) is 0 Å². The van der Waals surface area contributed by atoms with Crippen molar-refractivity contribution in [3.63, 3.8) is 0 Å². The first-order valence-electron chi connectivity index (χ1n) is 6.45. The van der Waals surface area contributed by atoms with Crippen LogP contribution >= 0.6 is 11.6 Å². The van der Waals surface area contributed by atoms with E-state index in [1.807, 2.05) is 19.0 Å². The molecule has 0 aliphatic rings. The molecule has 0 aromatic heterocycles. The average Bonchev–Trinajstić information content (AvgIpc) is 2.37. The predicted molar refractivity (Wildman–Crippen MR) is 80.6 cm³/mol. The summed E-state index contributed by atoms with van der Waals surface area (Å²) >= 11 is 5.96. The summed E-state index contributed by atoms with van der Waals surface area (Å²) in [5.41, 5.74) is 6.73. The molecule has 106 valence electrons. The van der Waals surface area contributed by atoms with Crippen LogP contribution in [-0.2, 0) is 0 Å². The van der Waals surface area contributed by atoms with Gasteiger partial charge >= 0.3 is 0 Å². The molecule has 0 atom stereocenters. The summed E-state index contributed by atoms with van der Waals surface area (Å²) < 4.78 is 0. The summed E-state index contributed by atoms with van der Waals surface area (Å²) in [6.07, 6.45) is 0.916. The highest BCUT2D eigenvalue weighted by Gasteiger charge is 2.18. The number of amides is 1. The summed E-state index contributed by atoms with van der Waals surface area (Å²) in [6, 6.07) is 5.17. The molecule has 1 aromatic rings. The summed E-state index contributed by atoms with van der Waals surface area (Å²) in [5.74, 6) is -0.0521. The van der Waals surface area contributed by atoms with Crippen molar-refractivity contribution in [2.24, 2.45) is 0 Å². The summed E-state index contributed by atoms with van der Waals surface area (Å²) in [7, 11) is 3.98. The number of nitrogens with zero attached hydrogens (tertiary/aromatic N) is 2. The maximum absolute atomic E-state index is 12.5. The van der Waals surface area contributed by atoms with Gasteiger partial charge in [0.25, 0.3) is 5.91 Å². The highest BCUT2D eigenvalue weighted by molar-refractivity contribution is 6.33. The Hall–Kier alpha value is -1.26. The lowest BCUT2D eigenvalue weighted by molar-refractivity contribution is 0.0746. The molecule has 0 aliphatic heterocycles. The second kappa shape index (κ2) is 7.36. The lowest BCUT2D eigenvalue weighted by Crippen LogP contribution is -2.37. The van der Waals surface area contributed by atoms with Crippen LogP contribution in [0.3, 0.4) is 0 Å². The second-order valence-corrected chi connectivity index (χ2v) is 5.20. The van der Waals surface area contributed by atoms with Crippen molar-refractivity contribution in [3.05, 3.63) is 28.8 Å². The Bertz CT molecular complexity index is 435. The molecule has 0 bridgehead atoms. The Kier molecular flexibility index (Phi) is 6.12. The Morgan fingerprint density at radius 2 is 1.95 bits per heavy atom. The molecule has 0 spiro atoms. The number of carbonyl (C=O) groups excluding carboxylic acids is 1. The van der Waals surface area contributed by atoms with Gasteiger partial charge < -0.3 is 15.5 Å². The van der Waals surface area contributed by atoms with E-state index in [9.17, 15) is 4.79 Å². The Labute approximate surface area is 120 Å². The first kappa shape index (κ1) is 15.8. The molecule has 0 aliphatic carbocycles. The minimum Gasteiger partial charge on any atom is -0.397 e. The number of likely N-dealkylation sites (N-methyl/N-ethyl adjacent to an activating group) is 1. The number of hydrogen-bond donors (Lipinski definition) is 1. The summed E-state index contributed by atoms with van der Waals surface area (Å²) in [4.78, 5) is 16.4. The van der Waals surface area contributed by atoms with E-state index in [1.54, 1.807) is 18.2 Å². The average molecular weight is 284 g/mol. The maximum atomic E-state index is 12.5. The van der Waals surface area contributed by atoms with E-state index in [-0.39, 0.29) is 5.91 Å². The first-order chi connectivity index (χ1) is 8.97. The smallest absolute Gasteiger partial charge is 0.256 e. The molecule has 0 fully saturated rings. The zero-order valence-electron chi connectivity index (χ0n) is 11.8. The normalized spacial score (nSPS) is 10.8. The van der Waals surface area contributed by atoms with Crippen LogP contribution in [-0.4, -0.2) is 49.4 Å². The number of halogens is 1. The van der Waals surface area contributed by atoms with Crippen LogP contribution in [0.2, 0.25) is 5.02 Å². The van der Waals surface area contributed by atoms with Crippen LogP contribution in [0.4, 0.5) is 5.69 Å². The molecule has 1 amide bonds. The molecule has 5 heteroatoms. The lowest BCUT2D eigenvalue weighted by Gasteiger charge is -2.24. The Morgan fingerprint density at radius 1 is 1.26 bits per heavy atom. The quantitative estimate of drug-likeness (QED) is 0.815. The van der Waals surface area contributed by atoms with Gasteiger partial charge in [0.05, 0.1) is 16.3 Å². The minimum atomic E-state index is -0.0521. The van der Waals surface area contributed by atoms with Crippen LogP contribution < -0.4 is 5.73 Å². The Morgan fingerprint density at radius 3 is 2.53 bits per heavy atom. The van der Waals surface area contributed by atoms with Gasteiger partial charge in [-0.3, -0.25) is 4.79 Å². The van der Waals surface area contributed by atoms with Gasteiger partial charge in [0.2, 0.25) is 0 Å². The van der Waals surface area contributed by atoms with Gasteiger partial charge in [-0.2, -0.15) is 0 Å². The monoisotopic (exact) mass is 283 g/mol. The van der Waals surface area contributed by atoms with Crippen LogP contribution in [0.15, 0.2) is 18.2 Å². The molecule has 0 radical (unpaired) electrons. The number of benzene rings is 1. The van der Waals surface area contributed by atoms with Crippen LogP contribution in [0.25, 0.3) is 0 Å². The van der Waals surface area contributed by atoms with Crippen molar-refractivity contribution in [1.82, 2.24) is 9.80 Å². The zero-order valence-corrected chi connectivity index (χ0v) is 12.6. The number of para-hydroxylation sites is 1. The SMILES string of the molecule is CCCN(CCN(C)C)C(=O)c1cccc(Cl)c1N. The third-order valence-electron chi connectivity index (χ3n) is 2.88. The van der Waals surface area contributed by atoms with Crippen LogP contribution in [0, 0.1) is 0 Å². The third-order valence-corrected chi connectivity index (χ3v) is 3.21. The number of hydrogen-bond acceptors (Lipinski definition) is 3. The number of anilines is 1. The van der Waals surface area contributed by atoms with Crippen molar-refractivity contribution in [1.29, 1.82) is 0 Å². The molecular formula is C14H22ClN3O. The number of rotatable bonds is 6. The molecule has 4 nitrogen and oxygen atoms in total. The molecule has 1 aromatic carbocycles. The van der Waals surface area contributed by atoms with E-state index in [0.29, 0.717) is 22.8 Å². The molecular weight excluding hydrogens is 262 g/mol. The van der Waals surface area contributed by atoms with Crippen molar-refractivity contribution in [2.75, 3.05) is 39.5 Å². The second-order valence-electron chi connectivity index (χ2n) is 4.80. The maximum Gasteiger partial charge on any atom is 0.256 e. The van der Waals surface area contributed by atoms with Crippen molar-refractivity contribution >= 4 is 23.2 Å². The van der Waals surface area contributed by atoms with E-state index in [4.69, 9.17) is 17.3 Å². The van der Waals surface area contributed by atoms with Gasteiger partial charge in [-0.1, -0.05) is 24.6 Å². The molecule has 2 N–H and O–H groups in total. The largest absolute Gasteiger partial charge is 0.397 e. The summed E-state index contributed by atoms with van der Waals surface area (Å²) in [5, 5.41) is 0.426. The predicted octanol–water partition coefficient (Wildman–Crippen LogP) is 2.34. The number of nitrogens with two attached hydrogens (primary N) is 1. The molecule has 0 heterocycles. The fraction of sp³-hybridized carbons (Fsp3) is 0.500. The minimum absolute atomic E-state index is 0.0521. The Balaban J connectivity index is 2.89. The van der Waals surface area contributed by atoms with Crippen molar-refractivity contribution < 1.29 is 4.79 Å². The lowest BCUT2D eigenvalue weighted by atomic mass is 10.1. The summed E-state index contributed by atoms with van der Waals surface area (Å²) in [6.45, 7) is 4.29. The standard InChI is InChI=1S/C14H22ClN3O/c1-4-8-18(10-9-17(2)3)14(19)11-6-5-7-12(15)13(11)16/h5-7H,4,8-10,16H2,1-3H3. The molecule has 0 saturated heterocycles. The van der Waals surface area contributed by atoms with Gasteiger partial charge in [-0.15, -0.1) is 0 Å². The topological polar surface area (TPSA) is 49.6 Å². The van der Waals surface area contributed by atoms with E-state index >= 15 is 0 Å². The molecule has 1 rings (SSSR count). The molecule has 0 unspecified atom stereocenters. The van der Waals surface area contributed by atoms with Gasteiger partial charge in [0.1, 0.15) is 0 Å². The van der Waals surface area contributed by atoms with Gasteiger partial charge in [0, 0.05) is 19.6 Å². The van der Waals surface area contributed by atoms with E-state index in [2.05, 4.69) is 11.8 Å². The van der Waals surface area contributed by atoms with Crippen molar-refractivity contribution in [2.45, 2.75) is 13.3 Å². The van der Waals surface area contributed by atoms with Gasteiger partial charge in [0.15, 0.2) is 0 Å². The third kappa shape index (κ3) is 4.40. The fourth-order valence-corrected chi connectivity index (χ4v) is 1.97. The highest BCUT2D eigenvalue weighted by atomic mass is 35.5. The van der Waals surface area contributed by atoms with Gasteiger partial charge in [-0.25, -0.2) is 0 Å². The van der Waals surface area contributed by atoms with E-state index in [0.717, 1.165) is 19.5 Å². The fourth-order valence-electron chi connectivity index (χ4n) is 1.80. The molecule has 19 heavy (non-hydrogen) atoms. The van der Waals surface area contributed by atoms with Crippen LogP contribution in [0.5, 0.6) is 0 Å². The number of nitrogen functional groups attached to an aromatic ring is 1. The molecule has 0 saturated carbocycles. The number of carbonyl (C=O) groups is 1. The highest BCUT2D eigenvalue weighted by Crippen LogP contribution is 2.23. The zero-order chi connectivity index (χ0) is 14.4.